The van der Waals surface area contributed by atoms with E-state index in [1.807, 2.05) is 12.5 Å². The van der Waals surface area contributed by atoms with Gasteiger partial charge in [0.05, 0.1) is 12.0 Å². The molecule has 0 saturated heterocycles. The lowest BCUT2D eigenvalue weighted by Gasteiger charge is -2.26. The average Bonchev–Trinajstić information content (AvgIpc) is 3.19. The highest BCUT2D eigenvalue weighted by Crippen LogP contribution is 2.22. The monoisotopic (exact) mass is 436 g/mol. The Hall–Kier alpha value is -3.21. The first-order valence-corrected chi connectivity index (χ1v) is 11.8. The van der Waals surface area contributed by atoms with Crippen LogP contribution in [-0.4, -0.2) is 27.0 Å². The second kappa shape index (κ2) is 10.2. The van der Waals surface area contributed by atoms with Crippen LogP contribution in [0.2, 0.25) is 0 Å². The lowest BCUT2D eigenvalue weighted by molar-refractivity contribution is 0.232. The zero-order chi connectivity index (χ0) is 22.5. The van der Waals surface area contributed by atoms with Crippen molar-refractivity contribution >= 4 is 0 Å². The third-order valence-electron chi connectivity index (χ3n) is 6.68. The predicted octanol–water partition coefficient (Wildman–Crippen LogP) is 4.96. The van der Waals surface area contributed by atoms with Crippen LogP contribution in [0.25, 0.3) is 0 Å². The Morgan fingerprint density at radius 1 is 0.879 bits per heavy atom. The van der Waals surface area contributed by atoms with E-state index >= 15 is 0 Å². The molecule has 4 nitrogen and oxygen atoms in total. The van der Waals surface area contributed by atoms with E-state index in [-0.39, 0.29) is 0 Å². The van der Waals surface area contributed by atoms with Crippen molar-refractivity contribution in [3.8, 4) is 0 Å². The van der Waals surface area contributed by atoms with E-state index in [2.05, 4.69) is 106 Å². The van der Waals surface area contributed by atoms with Crippen molar-refractivity contribution in [1.29, 1.82) is 0 Å². The van der Waals surface area contributed by atoms with E-state index in [0.29, 0.717) is 6.04 Å². The zero-order valence-electron chi connectivity index (χ0n) is 19.3. The van der Waals surface area contributed by atoms with E-state index < -0.39 is 0 Å². The van der Waals surface area contributed by atoms with E-state index in [9.17, 15) is 0 Å². The summed E-state index contributed by atoms with van der Waals surface area (Å²) >= 11 is 0. The summed E-state index contributed by atoms with van der Waals surface area (Å²) in [7, 11) is 0. The Morgan fingerprint density at radius 3 is 2.48 bits per heavy atom. The summed E-state index contributed by atoms with van der Waals surface area (Å²) in [5.41, 5.74) is 8.21. The molecule has 33 heavy (non-hydrogen) atoms. The number of imidazole rings is 1. The van der Waals surface area contributed by atoms with Crippen LogP contribution in [0.5, 0.6) is 0 Å². The molecular weight excluding hydrogens is 404 g/mol. The highest BCUT2D eigenvalue weighted by molar-refractivity contribution is 5.30. The molecule has 168 valence electrons. The number of rotatable bonds is 7. The third kappa shape index (κ3) is 5.41. The van der Waals surface area contributed by atoms with Crippen molar-refractivity contribution in [2.45, 2.75) is 45.6 Å². The van der Waals surface area contributed by atoms with Crippen molar-refractivity contribution in [3.63, 3.8) is 0 Å². The van der Waals surface area contributed by atoms with Crippen LogP contribution < -0.4 is 5.32 Å². The SMILES string of the molecule is Cc1ccccc1CN1Cc2ccccc2CC(NCc2cncn2Cc2ccccc2)C1. The average molecular weight is 437 g/mol. The molecule has 0 saturated carbocycles. The van der Waals surface area contributed by atoms with Gasteiger partial charge in [-0.25, -0.2) is 4.98 Å². The topological polar surface area (TPSA) is 33.1 Å². The predicted molar refractivity (Wildman–Crippen MR) is 134 cm³/mol. The quantitative estimate of drug-likeness (QED) is 0.445. The Bertz CT molecular complexity index is 1180. The van der Waals surface area contributed by atoms with Gasteiger partial charge < -0.3 is 9.88 Å². The fourth-order valence-corrected chi connectivity index (χ4v) is 4.81. The van der Waals surface area contributed by atoms with Crippen LogP contribution >= 0.6 is 0 Å². The van der Waals surface area contributed by atoms with Gasteiger partial charge in [-0.3, -0.25) is 4.90 Å². The molecule has 1 aliphatic rings. The maximum absolute atomic E-state index is 4.43. The summed E-state index contributed by atoms with van der Waals surface area (Å²) in [6.07, 6.45) is 4.98. The van der Waals surface area contributed by atoms with Gasteiger partial charge in [0.1, 0.15) is 0 Å². The number of nitrogens with zero attached hydrogens (tertiary/aromatic N) is 3. The van der Waals surface area contributed by atoms with E-state index in [4.69, 9.17) is 0 Å². The lowest BCUT2D eigenvalue weighted by atomic mass is 10.0. The molecule has 1 atom stereocenters. The summed E-state index contributed by atoms with van der Waals surface area (Å²) in [5, 5.41) is 3.86. The standard InChI is InChI=1S/C29H32N4/c1-23-9-5-6-13-26(23)19-32-20-27-14-8-7-12-25(27)15-28(21-32)31-17-29-16-30-22-33(29)18-24-10-3-2-4-11-24/h2-14,16,22,28,31H,15,17-21H2,1H3. The molecule has 1 aromatic heterocycles. The highest BCUT2D eigenvalue weighted by atomic mass is 15.2. The largest absolute Gasteiger partial charge is 0.329 e. The van der Waals surface area contributed by atoms with Gasteiger partial charge in [-0.15, -0.1) is 0 Å². The summed E-state index contributed by atoms with van der Waals surface area (Å²) in [5.74, 6) is 0. The molecule has 0 aliphatic carbocycles. The molecule has 1 unspecified atom stereocenters. The number of aryl methyl sites for hydroxylation is 1. The smallest absolute Gasteiger partial charge is 0.0951 e. The van der Waals surface area contributed by atoms with Crippen LogP contribution in [0, 0.1) is 6.92 Å². The molecule has 3 aromatic carbocycles. The van der Waals surface area contributed by atoms with Gasteiger partial charge in [-0.1, -0.05) is 78.9 Å². The van der Waals surface area contributed by atoms with Gasteiger partial charge in [0, 0.05) is 45.0 Å². The molecule has 4 heteroatoms. The van der Waals surface area contributed by atoms with Gasteiger partial charge in [0.15, 0.2) is 0 Å². The van der Waals surface area contributed by atoms with Gasteiger partial charge in [-0.2, -0.15) is 0 Å². The number of hydrogen-bond donors (Lipinski definition) is 1. The van der Waals surface area contributed by atoms with Crippen molar-refractivity contribution in [2.24, 2.45) is 0 Å². The van der Waals surface area contributed by atoms with Crippen LogP contribution in [0.4, 0.5) is 0 Å². The molecule has 0 bridgehead atoms. The zero-order valence-corrected chi connectivity index (χ0v) is 19.3. The Morgan fingerprint density at radius 2 is 1.64 bits per heavy atom. The first kappa shape index (κ1) is 21.6. The Balaban J connectivity index is 1.30. The summed E-state index contributed by atoms with van der Waals surface area (Å²) < 4.78 is 2.25. The number of hydrogen-bond acceptors (Lipinski definition) is 3. The van der Waals surface area contributed by atoms with Gasteiger partial charge in [0.25, 0.3) is 0 Å². The number of aromatic nitrogens is 2. The first-order chi connectivity index (χ1) is 16.2. The van der Waals surface area contributed by atoms with Crippen LogP contribution in [-0.2, 0) is 32.6 Å². The fraction of sp³-hybridized carbons (Fsp3) is 0.276. The van der Waals surface area contributed by atoms with Gasteiger partial charge in [0.2, 0.25) is 0 Å². The molecule has 1 N–H and O–H groups in total. The van der Waals surface area contributed by atoms with Crippen LogP contribution in [0.15, 0.2) is 91.4 Å². The molecule has 5 rings (SSSR count). The van der Waals surface area contributed by atoms with Gasteiger partial charge >= 0.3 is 0 Å². The number of fused-ring (bicyclic) bond motifs is 1. The summed E-state index contributed by atoms with van der Waals surface area (Å²) in [6.45, 7) is 6.88. The molecule has 0 amide bonds. The lowest BCUT2D eigenvalue weighted by Crippen LogP contribution is -2.40. The summed E-state index contributed by atoms with van der Waals surface area (Å²) in [6, 6.07) is 28.6. The molecule has 0 radical (unpaired) electrons. The first-order valence-electron chi connectivity index (χ1n) is 11.8. The van der Waals surface area contributed by atoms with Gasteiger partial charge in [-0.05, 0) is 41.2 Å². The van der Waals surface area contributed by atoms with Crippen LogP contribution in [0.3, 0.4) is 0 Å². The minimum atomic E-state index is 0.387. The maximum Gasteiger partial charge on any atom is 0.0951 e. The van der Waals surface area contributed by atoms with E-state index in [0.717, 1.165) is 39.1 Å². The molecule has 1 aliphatic heterocycles. The molecule has 2 heterocycles. The normalized spacial score (nSPS) is 16.3. The van der Waals surface area contributed by atoms with Crippen molar-refractivity contribution < 1.29 is 0 Å². The Labute approximate surface area is 196 Å². The maximum atomic E-state index is 4.43. The second-order valence-corrected chi connectivity index (χ2v) is 9.15. The van der Waals surface area contributed by atoms with Crippen molar-refractivity contribution in [2.75, 3.05) is 6.54 Å². The highest BCUT2D eigenvalue weighted by Gasteiger charge is 2.22. The second-order valence-electron chi connectivity index (χ2n) is 9.15. The Kier molecular flexibility index (Phi) is 6.66. The minimum absolute atomic E-state index is 0.387. The molecule has 0 fully saturated rings. The minimum Gasteiger partial charge on any atom is -0.329 e. The third-order valence-corrected chi connectivity index (χ3v) is 6.68. The fourth-order valence-electron chi connectivity index (χ4n) is 4.81. The number of benzene rings is 3. The molecular formula is C29H32N4. The molecule has 0 spiro atoms. The summed E-state index contributed by atoms with van der Waals surface area (Å²) in [4.78, 5) is 7.02. The number of nitrogens with one attached hydrogen (secondary N) is 1. The van der Waals surface area contributed by atoms with Crippen molar-refractivity contribution in [3.05, 3.63) is 125 Å². The van der Waals surface area contributed by atoms with Crippen molar-refractivity contribution in [1.82, 2.24) is 19.8 Å². The van der Waals surface area contributed by atoms with Crippen LogP contribution in [0.1, 0.15) is 33.5 Å². The van der Waals surface area contributed by atoms with E-state index in [1.54, 1.807) is 0 Å². The molecule has 4 aromatic rings. The van der Waals surface area contributed by atoms with E-state index in [1.165, 1.54) is 33.5 Å².